The van der Waals surface area contributed by atoms with Crippen LogP contribution in [0.15, 0.2) is 40.9 Å². The minimum absolute atomic E-state index is 0.0631. The van der Waals surface area contributed by atoms with Crippen molar-refractivity contribution >= 4 is 24.2 Å². The number of benzene rings is 2. The highest BCUT2D eigenvalue weighted by molar-refractivity contribution is 9.10. The molecule has 0 bridgehead atoms. The van der Waals surface area contributed by atoms with Crippen molar-refractivity contribution in [2.24, 2.45) is 0 Å². The molecule has 0 saturated heterocycles. The molecule has 0 aromatic heterocycles. The summed E-state index contributed by atoms with van der Waals surface area (Å²) in [6, 6.07) is 11.5. The molecule has 2 rings (SSSR count). The van der Waals surface area contributed by atoms with Gasteiger partial charge in [-0.2, -0.15) is 0 Å². The second kappa shape index (κ2) is 15.7. The lowest BCUT2D eigenvalue weighted by Crippen LogP contribution is -2.50. The fourth-order valence-corrected chi connectivity index (χ4v) is 11.0. The maximum absolute atomic E-state index is 6.90. The lowest BCUT2D eigenvalue weighted by molar-refractivity contribution is 0.00912. The standard InChI is InChI=1S/C29H45BrO7Si/c1-20(2)38(21(3)4,22(5)6)36-18-26(17-34-16-23-10-12-25(32-8)13-11-23)37-28-15-24(30)14-27(33-9)29(28)35-19-31-7/h10-15,20-22,26H,16-19H2,1-9H3/t26-/m1/s1. The Bertz CT molecular complexity index is 944. The Morgan fingerprint density at radius 1 is 0.789 bits per heavy atom. The van der Waals surface area contributed by atoms with Gasteiger partial charge in [-0.1, -0.05) is 69.6 Å². The molecule has 7 nitrogen and oxygen atoms in total. The second-order valence-corrected chi connectivity index (χ2v) is 16.6. The normalized spacial score (nSPS) is 12.8. The van der Waals surface area contributed by atoms with E-state index >= 15 is 0 Å². The number of halogens is 1. The maximum Gasteiger partial charge on any atom is 0.206 e. The van der Waals surface area contributed by atoms with E-state index in [-0.39, 0.29) is 12.9 Å². The lowest BCUT2D eigenvalue weighted by Gasteiger charge is -2.43. The van der Waals surface area contributed by atoms with Crippen LogP contribution in [0.2, 0.25) is 16.6 Å². The van der Waals surface area contributed by atoms with Gasteiger partial charge in [0.2, 0.25) is 14.1 Å². The first kappa shape index (κ1) is 32.4. The van der Waals surface area contributed by atoms with Gasteiger partial charge in [0.1, 0.15) is 11.9 Å². The van der Waals surface area contributed by atoms with Gasteiger partial charge in [-0.3, -0.25) is 0 Å². The molecular weight excluding hydrogens is 568 g/mol. The fourth-order valence-electron chi connectivity index (χ4n) is 5.11. The predicted octanol–water partition coefficient (Wildman–Crippen LogP) is 7.61. The molecule has 0 aliphatic rings. The van der Waals surface area contributed by atoms with E-state index in [4.69, 9.17) is 32.8 Å². The van der Waals surface area contributed by atoms with Crippen molar-refractivity contribution < 1.29 is 32.8 Å². The van der Waals surface area contributed by atoms with Crippen LogP contribution in [0.25, 0.3) is 0 Å². The molecule has 1 atom stereocenters. The van der Waals surface area contributed by atoms with Crippen LogP contribution >= 0.6 is 15.9 Å². The topological polar surface area (TPSA) is 64.6 Å². The number of rotatable bonds is 17. The van der Waals surface area contributed by atoms with Crippen LogP contribution in [0.4, 0.5) is 0 Å². The predicted molar refractivity (Wildman–Crippen MR) is 157 cm³/mol. The van der Waals surface area contributed by atoms with Crippen molar-refractivity contribution in [1.82, 2.24) is 0 Å². The van der Waals surface area contributed by atoms with Crippen LogP contribution in [0.1, 0.15) is 47.1 Å². The summed E-state index contributed by atoms with van der Waals surface area (Å²) in [5.74, 6) is 2.35. The first-order valence-electron chi connectivity index (χ1n) is 13.1. The zero-order valence-corrected chi connectivity index (χ0v) is 26.9. The van der Waals surface area contributed by atoms with Gasteiger partial charge in [-0.15, -0.1) is 0 Å². The molecule has 0 unspecified atom stereocenters. The number of hydrogen-bond acceptors (Lipinski definition) is 7. The molecule has 38 heavy (non-hydrogen) atoms. The quantitative estimate of drug-likeness (QED) is 0.134. The monoisotopic (exact) mass is 612 g/mol. The van der Waals surface area contributed by atoms with Crippen LogP contribution in [0.5, 0.6) is 23.0 Å². The zero-order chi connectivity index (χ0) is 28.3. The first-order valence-corrected chi connectivity index (χ1v) is 16.0. The molecule has 0 heterocycles. The van der Waals surface area contributed by atoms with Gasteiger partial charge in [0.25, 0.3) is 0 Å². The minimum atomic E-state index is -2.12. The summed E-state index contributed by atoms with van der Waals surface area (Å²) in [6.07, 6.45) is -0.375. The smallest absolute Gasteiger partial charge is 0.206 e. The van der Waals surface area contributed by atoms with E-state index in [1.165, 1.54) is 0 Å². The van der Waals surface area contributed by atoms with Crippen molar-refractivity contribution in [2.75, 3.05) is 41.3 Å². The highest BCUT2D eigenvalue weighted by Crippen LogP contribution is 2.43. The van der Waals surface area contributed by atoms with Crippen molar-refractivity contribution in [1.29, 1.82) is 0 Å². The third-order valence-corrected chi connectivity index (χ3v) is 13.3. The molecule has 2 aromatic rings. The van der Waals surface area contributed by atoms with Gasteiger partial charge >= 0.3 is 0 Å². The van der Waals surface area contributed by atoms with Crippen molar-refractivity contribution in [2.45, 2.75) is 70.9 Å². The van der Waals surface area contributed by atoms with Gasteiger partial charge < -0.3 is 32.8 Å². The van der Waals surface area contributed by atoms with Gasteiger partial charge in [-0.05, 0) is 46.5 Å². The van der Waals surface area contributed by atoms with E-state index < -0.39 is 8.32 Å². The highest BCUT2D eigenvalue weighted by atomic mass is 79.9. The highest BCUT2D eigenvalue weighted by Gasteiger charge is 2.45. The summed E-state index contributed by atoms with van der Waals surface area (Å²) in [4.78, 5) is 0. The van der Waals surface area contributed by atoms with Crippen LogP contribution in [-0.4, -0.2) is 55.8 Å². The Hall–Kier alpha value is -1.78. The van der Waals surface area contributed by atoms with Crippen LogP contribution in [0.3, 0.4) is 0 Å². The molecule has 0 saturated carbocycles. The molecule has 0 spiro atoms. The summed E-state index contributed by atoms with van der Waals surface area (Å²) < 4.78 is 42.2. The van der Waals surface area contributed by atoms with E-state index in [1.54, 1.807) is 21.3 Å². The second-order valence-electron chi connectivity index (χ2n) is 10.2. The molecule has 2 aromatic carbocycles. The van der Waals surface area contributed by atoms with E-state index in [1.807, 2.05) is 36.4 Å². The molecule has 0 amide bonds. The van der Waals surface area contributed by atoms with Gasteiger partial charge in [0.15, 0.2) is 18.3 Å². The SMILES string of the molecule is COCOc1c(OC)cc(Br)cc1O[C@H](COCc1ccc(OC)cc1)CO[Si](C(C)C)(C(C)C)C(C)C. The van der Waals surface area contributed by atoms with E-state index in [0.717, 1.165) is 15.8 Å². The van der Waals surface area contributed by atoms with Crippen LogP contribution in [0, 0.1) is 0 Å². The van der Waals surface area contributed by atoms with E-state index in [0.29, 0.717) is 53.7 Å². The molecule has 0 aliphatic carbocycles. The maximum atomic E-state index is 6.90. The molecule has 0 fully saturated rings. The van der Waals surface area contributed by atoms with Gasteiger partial charge in [0, 0.05) is 11.6 Å². The zero-order valence-electron chi connectivity index (χ0n) is 24.3. The third kappa shape index (κ3) is 8.61. The largest absolute Gasteiger partial charge is 0.497 e. The van der Waals surface area contributed by atoms with Gasteiger partial charge in [-0.25, -0.2) is 0 Å². The molecule has 0 aliphatic heterocycles. The number of hydrogen-bond donors (Lipinski definition) is 0. The summed E-state index contributed by atoms with van der Waals surface area (Å²) >= 11 is 3.56. The van der Waals surface area contributed by atoms with Crippen molar-refractivity contribution in [3.63, 3.8) is 0 Å². The average Bonchev–Trinajstić information content (AvgIpc) is 2.87. The Balaban J connectivity index is 2.31. The number of methoxy groups -OCH3 is 3. The Kier molecular flexibility index (Phi) is 13.4. The molecule has 214 valence electrons. The minimum Gasteiger partial charge on any atom is -0.497 e. The van der Waals surface area contributed by atoms with Crippen molar-refractivity contribution in [3.8, 4) is 23.0 Å². The third-order valence-electron chi connectivity index (χ3n) is 6.78. The van der Waals surface area contributed by atoms with Crippen LogP contribution in [-0.2, 0) is 20.5 Å². The fraction of sp³-hybridized carbons (Fsp3) is 0.586. The number of ether oxygens (including phenoxy) is 6. The van der Waals surface area contributed by atoms with Gasteiger partial charge in [0.05, 0.1) is 34.0 Å². The average molecular weight is 614 g/mol. The van der Waals surface area contributed by atoms with Crippen molar-refractivity contribution in [3.05, 3.63) is 46.4 Å². The summed E-state index contributed by atoms with van der Waals surface area (Å²) in [5.41, 5.74) is 2.41. The summed E-state index contributed by atoms with van der Waals surface area (Å²) in [6.45, 7) is 14.9. The summed E-state index contributed by atoms with van der Waals surface area (Å²) in [5, 5.41) is 0. The Labute approximate surface area is 238 Å². The summed E-state index contributed by atoms with van der Waals surface area (Å²) in [7, 11) is 2.71. The lowest BCUT2D eigenvalue weighted by atomic mass is 10.2. The Morgan fingerprint density at radius 2 is 1.39 bits per heavy atom. The van der Waals surface area contributed by atoms with Crippen LogP contribution < -0.4 is 18.9 Å². The first-order chi connectivity index (χ1) is 18.1. The molecule has 9 heteroatoms. The molecule has 0 N–H and O–H groups in total. The van der Waals surface area contributed by atoms with E-state index in [9.17, 15) is 0 Å². The Morgan fingerprint density at radius 3 is 1.92 bits per heavy atom. The molecule has 0 radical (unpaired) electrons. The molecular formula is C29H45BrO7Si. The van der Waals surface area contributed by atoms with E-state index in [2.05, 4.69) is 57.5 Å².